The van der Waals surface area contributed by atoms with Gasteiger partial charge in [0, 0.05) is 40.1 Å². The van der Waals surface area contributed by atoms with Crippen LogP contribution in [0, 0.1) is 6.92 Å². The first kappa shape index (κ1) is 49.3. The summed E-state index contributed by atoms with van der Waals surface area (Å²) in [5, 5.41) is 3.75. The molecule has 12 heteroatoms. The summed E-state index contributed by atoms with van der Waals surface area (Å²) in [4.78, 5) is 49.4. The van der Waals surface area contributed by atoms with Crippen LogP contribution in [-0.4, -0.2) is 54.6 Å². The van der Waals surface area contributed by atoms with E-state index in [9.17, 15) is 19.2 Å². The molecule has 2 unspecified atom stereocenters. The number of aryl methyl sites for hydroxylation is 1. The van der Waals surface area contributed by atoms with E-state index in [2.05, 4.69) is 5.32 Å². The fourth-order valence-electron chi connectivity index (χ4n) is 8.53. The monoisotopic (exact) mass is 966 g/mol. The number of nitrogens with one attached hydrogen (secondary N) is 1. The number of methoxy groups -OCH3 is 1. The van der Waals surface area contributed by atoms with Crippen LogP contribution in [0.15, 0.2) is 190 Å². The van der Waals surface area contributed by atoms with Gasteiger partial charge >= 0.3 is 0 Å². The SMILES string of the molecule is COc1ccc(-c2c3ccc(=O)cc-3oc3cc(OCc4ccc(OCC5=C(C)N(C=O)C(C(C)NC(=O)Cc6ccccc6)SC5)cc4)ccc23)c(C)c1.O=COC(c1ccccc1)c1ccccc1. The van der Waals surface area contributed by atoms with Crippen molar-refractivity contribution in [3.05, 3.63) is 219 Å². The van der Waals surface area contributed by atoms with Crippen LogP contribution in [0.3, 0.4) is 0 Å². The predicted octanol–water partition coefficient (Wildman–Crippen LogP) is 11.3. The molecule has 360 valence electrons. The van der Waals surface area contributed by atoms with Gasteiger partial charge in [-0.3, -0.25) is 19.2 Å². The second kappa shape index (κ2) is 23.5. The lowest BCUT2D eigenvalue weighted by atomic mass is 9.91. The molecule has 0 aromatic heterocycles. The van der Waals surface area contributed by atoms with Crippen molar-refractivity contribution in [1.29, 1.82) is 0 Å². The first-order chi connectivity index (χ1) is 34.6. The lowest BCUT2D eigenvalue weighted by Gasteiger charge is -2.38. The highest BCUT2D eigenvalue weighted by Gasteiger charge is 2.32. The van der Waals surface area contributed by atoms with Crippen LogP contribution in [0.5, 0.6) is 17.2 Å². The first-order valence-electron chi connectivity index (χ1n) is 23.2. The summed E-state index contributed by atoms with van der Waals surface area (Å²) in [5.41, 5.74) is 10.1. The molecule has 1 N–H and O–H groups in total. The third kappa shape index (κ3) is 12.2. The van der Waals surface area contributed by atoms with Crippen LogP contribution in [0.25, 0.3) is 33.4 Å². The van der Waals surface area contributed by atoms with Gasteiger partial charge < -0.3 is 33.6 Å². The van der Waals surface area contributed by atoms with Crippen molar-refractivity contribution in [2.45, 2.75) is 51.3 Å². The van der Waals surface area contributed by atoms with E-state index in [0.29, 0.717) is 48.3 Å². The molecule has 71 heavy (non-hydrogen) atoms. The Bertz CT molecular complexity index is 3100. The van der Waals surface area contributed by atoms with E-state index in [1.165, 1.54) is 6.07 Å². The number of carbonyl (C=O) groups is 3. The molecule has 0 saturated carbocycles. The lowest BCUT2D eigenvalue weighted by Crippen LogP contribution is -2.50. The Morgan fingerprint density at radius 3 is 2.01 bits per heavy atom. The molecular formula is C59H54N2O9S. The second-order valence-corrected chi connectivity index (χ2v) is 18.2. The molecule has 1 aliphatic carbocycles. The third-order valence-electron chi connectivity index (χ3n) is 12.2. The fraction of sp³-hybridized carbons (Fsp3) is 0.186. The molecule has 11 nitrogen and oxygen atoms in total. The largest absolute Gasteiger partial charge is 0.497 e. The number of ether oxygens (including phenoxy) is 4. The Kier molecular flexibility index (Phi) is 16.3. The zero-order chi connectivity index (χ0) is 49.7. The Morgan fingerprint density at radius 2 is 1.37 bits per heavy atom. The summed E-state index contributed by atoms with van der Waals surface area (Å²) in [6.45, 7) is 7.04. The van der Waals surface area contributed by atoms with E-state index in [0.717, 1.165) is 73.3 Å². The predicted molar refractivity (Wildman–Crippen MR) is 279 cm³/mol. The highest BCUT2D eigenvalue weighted by molar-refractivity contribution is 8.00. The summed E-state index contributed by atoms with van der Waals surface area (Å²) in [5.74, 6) is 3.21. The van der Waals surface area contributed by atoms with E-state index in [1.54, 1.807) is 29.8 Å². The number of thioether (sulfide) groups is 1. The van der Waals surface area contributed by atoms with Gasteiger partial charge in [-0.1, -0.05) is 109 Å². The van der Waals surface area contributed by atoms with E-state index in [1.807, 2.05) is 178 Å². The van der Waals surface area contributed by atoms with Crippen molar-refractivity contribution in [2.75, 3.05) is 19.5 Å². The molecular weight excluding hydrogens is 913 g/mol. The summed E-state index contributed by atoms with van der Waals surface area (Å²) >= 11 is 1.61. The maximum atomic E-state index is 12.7. The van der Waals surface area contributed by atoms with Crippen LogP contribution in [0.1, 0.15) is 47.8 Å². The fourth-order valence-corrected chi connectivity index (χ4v) is 9.92. The number of carbonyl (C=O) groups excluding carboxylic acids is 3. The van der Waals surface area contributed by atoms with Crippen molar-refractivity contribution >= 4 is 41.5 Å². The van der Waals surface area contributed by atoms with Gasteiger partial charge in [-0.25, -0.2) is 0 Å². The number of fused-ring (bicyclic) bond motifs is 2. The van der Waals surface area contributed by atoms with Gasteiger partial charge in [-0.05, 0) is 108 Å². The second-order valence-electron chi connectivity index (χ2n) is 17.1. The molecule has 0 radical (unpaired) electrons. The van der Waals surface area contributed by atoms with Crippen LogP contribution < -0.4 is 25.0 Å². The van der Waals surface area contributed by atoms with Crippen molar-refractivity contribution in [2.24, 2.45) is 0 Å². The molecule has 9 rings (SSSR count). The zero-order valence-corrected chi connectivity index (χ0v) is 40.7. The highest BCUT2D eigenvalue weighted by Crippen LogP contribution is 2.42. The van der Waals surface area contributed by atoms with Crippen LogP contribution >= 0.6 is 11.8 Å². The van der Waals surface area contributed by atoms with E-state index < -0.39 is 0 Å². The van der Waals surface area contributed by atoms with Crippen LogP contribution in [0.2, 0.25) is 0 Å². The van der Waals surface area contributed by atoms with Crippen LogP contribution in [0.4, 0.5) is 0 Å². The summed E-state index contributed by atoms with van der Waals surface area (Å²) in [7, 11) is 1.65. The third-order valence-corrected chi connectivity index (χ3v) is 13.7. The van der Waals surface area contributed by atoms with Crippen molar-refractivity contribution < 1.29 is 37.7 Å². The molecule has 3 aliphatic rings. The smallest absolute Gasteiger partial charge is 0.294 e. The molecule has 2 aliphatic heterocycles. The van der Waals surface area contributed by atoms with E-state index in [4.69, 9.17) is 23.4 Å². The zero-order valence-electron chi connectivity index (χ0n) is 39.9. The summed E-state index contributed by atoms with van der Waals surface area (Å²) in [6.07, 6.45) is 0.799. The molecule has 0 bridgehead atoms. The average Bonchev–Trinajstić information content (AvgIpc) is 3.39. The van der Waals surface area contributed by atoms with Gasteiger partial charge in [0.05, 0.1) is 19.6 Å². The minimum absolute atomic E-state index is 0.0782. The van der Waals surface area contributed by atoms with E-state index in [-0.39, 0.29) is 35.3 Å². The Morgan fingerprint density at radius 1 is 0.732 bits per heavy atom. The normalized spacial score (nSPS) is 13.8. The van der Waals surface area contributed by atoms with Gasteiger partial charge in [0.15, 0.2) is 11.5 Å². The van der Waals surface area contributed by atoms with Crippen molar-refractivity contribution in [1.82, 2.24) is 10.2 Å². The molecule has 2 heterocycles. The topological polar surface area (TPSA) is 134 Å². The Hall–Kier alpha value is -8.09. The minimum atomic E-state index is -0.320. The van der Waals surface area contributed by atoms with E-state index >= 15 is 0 Å². The number of hydrogen-bond donors (Lipinski definition) is 1. The highest BCUT2D eigenvalue weighted by atomic mass is 32.2. The molecule has 2 amide bonds. The molecule has 0 saturated heterocycles. The summed E-state index contributed by atoms with van der Waals surface area (Å²) in [6, 6.07) is 53.1. The maximum absolute atomic E-state index is 12.7. The lowest BCUT2D eigenvalue weighted by molar-refractivity contribution is -0.132. The van der Waals surface area contributed by atoms with Gasteiger partial charge in [0.1, 0.15) is 47.2 Å². The van der Waals surface area contributed by atoms with Crippen molar-refractivity contribution in [3.63, 3.8) is 0 Å². The minimum Gasteiger partial charge on any atom is -0.497 e. The number of hydrogen-bond acceptors (Lipinski definition) is 10. The molecule has 0 fully saturated rings. The van der Waals surface area contributed by atoms with Gasteiger partial charge in [-0.2, -0.15) is 0 Å². The standard InChI is InChI=1S/C45H42N2O7S.C14H12O2/c1-28-20-36(51-4)15-18-38(28)44-39-17-12-34(49)22-41(39)54-42-23-37(16-19-40(42)44)52-24-32-10-13-35(14-11-32)53-25-33-26-55-45(47(27-48)30(33)3)29(2)46-43(50)21-31-8-6-5-7-9-31;15-11-16-14(12-7-3-1-4-8-12)13-9-5-2-6-10-13/h5-20,22-23,27,29,45H,21,24-26H2,1-4H3,(H,46,50);1-11,14H. The van der Waals surface area contributed by atoms with Gasteiger partial charge in [0.25, 0.3) is 6.47 Å². The number of nitrogens with zero attached hydrogens (tertiary/aromatic N) is 1. The quantitative estimate of drug-likeness (QED) is 0.0694. The van der Waals surface area contributed by atoms with Gasteiger partial charge in [0.2, 0.25) is 12.3 Å². The average molecular weight is 967 g/mol. The maximum Gasteiger partial charge on any atom is 0.294 e. The molecule has 0 spiro atoms. The number of allylic oxidation sites excluding steroid dienone is 1. The van der Waals surface area contributed by atoms with Gasteiger partial charge in [-0.15, -0.1) is 11.8 Å². The number of benzene rings is 7. The Labute approximate surface area is 417 Å². The molecule has 6 aromatic rings. The summed E-state index contributed by atoms with van der Waals surface area (Å²) < 4.78 is 29.2. The van der Waals surface area contributed by atoms with Crippen LogP contribution in [-0.2, 0) is 32.1 Å². The number of rotatable bonds is 17. The first-order valence-corrected chi connectivity index (χ1v) is 24.2. The Balaban J connectivity index is 0.000000357. The molecule has 6 aromatic carbocycles. The number of amides is 2. The van der Waals surface area contributed by atoms with Crippen molar-refractivity contribution in [3.8, 4) is 39.7 Å². The molecule has 2 atom stereocenters.